The number of carbonyl (C=O) groups is 2. The number of aromatic nitrogens is 2. The number of nitrogens with zero attached hydrogens (tertiary/aromatic N) is 3. The summed E-state index contributed by atoms with van der Waals surface area (Å²) in [5.74, 6) is -1.16. The Morgan fingerprint density at radius 2 is 1.88 bits per heavy atom. The SMILES string of the molecule is Cn1cc(/C=C/C(=O)N2C(C(=O)O)CC3CCCCC32)c(=O)n(C)c1=O. The van der Waals surface area contributed by atoms with E-state index >= 15 is 0 Å². The van der Waals surface area contributed by atoms with Gasteiger partial charge in [-0.3, -0.25) is 14.2 Å². The van der Waals surface area contributed by atoms with Crippen molar-refractivity contribution in [3.63, 3.8) is 0 Å². The molecule has 1 N–H and O–H groups in total. The number of amides is 1. The first-order chi connectivity index (χ1) is 12.3. The molecule has 3 rings (SSSR count). The molecule has 26 heavy (non-hydrogen) atoms. The van der Waals surface area contributed by atoms with Crippen LogP contribution in [0, 0.1) is 5.92 Å². The monoisotopic (exact) mass is 361 g/mol. The van der Waals surface area contributed by atoms with Gasteiger partial charge in [-0.2, -0.15) is 0 Å². The Balaban J connectivity index is 1.89. The van der Waals surface area contributed by atoms with Gasteiger partial charge < -0.3 is 14.6 Å². The van der Waals surface area contributed by atoms with Crippen LogP contribution in [-0.4, -0.2) is 43.1 Å². The van der Waals surface area contributed by atoms with Crippen LogP contribution in [0.5, 0.6) is 0 Å². The van der Waals surface area contributed by atoms with Crippen LogP contribution in [0.25, 0.3) is 6.08 Å². The summed E-state index contributed by atoms with van der Waals surface area (Å²) in [4.78, 5) is 49.7. The van der Waals surface area contributed by atoms with Crippen molar-refractivity contribution in [1.29, 1.82) is 0 Å². The predicted octanol–water partition coefficient (Wildman–Crippen LogP) is 0.342. The molecule has 2 fully saturated rings. The molecule has 140 valence electrons. The maximum absolute atomic E-state index is 12.7. The first-order valence-corrected chi connectivity index (χ1v) is 8.81. The third kappa shape index (κ3) is 3.11. The highest BCUT2D eigenvalue weighted by Gasteiger charge is 2.46. The van der Waals surface area contributed by atoms with E-state index in [2.05, 4.69) is 0 Å². The minimum absolute atomic E-state index is 0.0510. The van der Waals surface area contributed by atoms with Crippen LogP contribution in [0.15, 0.2) is 21.9 Å². The van der Waals surface area contributed by atoms with E-state index in [1.165, 1.54) is 41.9 Å². The van der Waals surface area contributed by atoms with Crippen LogP contribution in [-0.2, 0) is 23.7 Å². The summed E-state index contributed by atoms with van der Waals surface area (Å²) in [6.45, 7) is 0. The summed E-state index contributed by atoms with van der Waals surface area (Å²) in [5.41, 5.74) is -0.743. The fraction of sp³-hybridized carbons (Fsp3) is 0.556. The highest BCUT2D eigenvalue weighted by molar-refractivity contribution is 5.95. The van der Waals surface area contributed by atoms with Gasteiger partial charge in [0.1, 0.15) is 6.04 Å². The van der Waals surface area contributed by atoms with E-state index in [-0.39, 0.29) is 17.5 Å². The average molecular weight is 361 g/mol. The van der Waals surface area contributed by atoms with Crippen molar-refractivity contribution < 1.29 is 14.7 Å². The standard InChI is InChI=1S/C18H23N3O5/c1-19-10-12(16(23)20(2)18(19)26)7-8-15(22)21-13-6-4-3-5-11(13)9-14(21)17(24)25/h7-8,10-11,13-14H,3-6,9H2,1-2H3,(H,24,25)/b8-7+. The van der Waals surface area contributed by atoms with E-state index in [0.717, 1.165) is 30.3 Å². The quantitative estimate of drug-likeness (QED) is 0.783. The second kappa shape index (κ2) is 6.93. The molecule has 0 radical (unpaired) electrons. The van der Waals surface area contributed by atoms with E-state index in [9.17, 15) is 24.3 Å². The van der Waals surface area contributed by atoms with Crippen molar-refractivity contribution in [2.24, 2.45) is 20.0 Å². The fourth-order valence-electron chi connectivity index (χ4n) is 4.20. The van der Waals surface area contributed by atoms with Gasteiger partial charge in [-0.05, 0) is 31.3 Å². The van der Waals surface area contributed by atoms with Gasteiger partial charge in [-0.25, -0.2) is 9.59 Å². The highest BCUT2D eigenvalue weighted by atomic mass is 16.4. The van der Waals surface area contributed by atoms with Crippen LogP contribution < -0.4 is 11.2 Å². The van der Waals surface area contributed by atoms with Gasteiger partial charge in [0, 0.05) is 32.4 Å². The molecular weight excluding hydrogens is 338 g/mol. The van der Waals surface area contributed by atoms with E-state index in [4.69, 9.17) is 0 Å². The summed E-state index contributed by atoms with van der Waals surface area (Å²) in [6, 6.07) is -0.867. The van der Waals surface area contributed by atoms with E-state index in [0.29, 0.717) is 6.42 Å². The van der Waals surface area contributed by atoms with Gasteiger partial charge in [0.25, 0.3) is 5.56 Å². The minimum atomic E-state index is -0.987. The van der Waals surface area contributed by atoms with Crippen molar-refractivity contribution >= 4 is 18.0 Å². The molecule has 0 spiro atoms. The molecule has 3 unspecified atom stereocenters. The lowest BCUT2D eigenvalue weighted by Crippen LogP contribution is -2.45. The molecule has 8 heteroatoms. The van der Waals surface area contributed by atoms with Crippen LogP contribution in [0.1, 0.15) is 37.7 Å². The molecule has 2 aliphatic rings. The molecule has 1 aromatic heterocycles. The Kier molecular flexibility index (Phi) is 4.84. The number of aryl methyl sites for hydroxylation is 1. The van der Waals surface area contributed by atoms with Gasteiger partial charge in [0.2, 0.25) is 5.91 Å². The van der Waals surface area contributed by atoms with Crippen molar-refractivity contribution in [1.82, 2.24) is 14.0 Å². The molecule has 1 saturated heterocycles. The first-order valence-electron chi connectivity index (χ1n) is 8.81. The second-order valence-electron chi connectivity index (χ2n) is 7.12. The lowest BCUT2D eigenvalue weighted by Gasteiger charge is -2.32. The maximum Gasteiger partial charge on any atom is 0.330 e. The largest absolute Gasteiger partial charge is 0.480 e. The van der Waals surface area contributed by atoms with Crippen LogP contribution in [0.2, 0.25) is 0 Å². The third-order valence-corrected chi connectivity index (χ3v) is 5.51. The number of likely N-dealkylation sites (tertiary alicyclic amines) is 1. The fourth-order valence-corrected chi connectivity index (χ4v) is 4.20. The second-order valence-corrected chi connectivity index (χ2v) is 7.12. The maximum atomic E-state index is 12.7. The highest BCUT2D eigenvalue weighted by Crippen LogP contribution is 2.39. The third-order valence-electron chi connectivity index (χ3n) is 5.51. The number of carbonyl (C=O) groups excluding carboxylic acids is 1. The zero-order valence-corrected chi connectivity index (χ0v) is 14.9. The topological polar surface area (TPSA) is 102 Å². The van der Waals surface area contributed by atoms with Gasteiger partial charge in [-0.1, -0.05) is 12.8 Å². The Morgan fingerprint density at radius 1 is 1.19 bits per heavy atom. The molecule has 0 bridgehead atoms. The first kappa shape index (κ1) is 18.2. The van der Waals surface area contributed by atoms with E-state index in [1.807, 2.05) is 0 Å². The number of rotatable bonds is 3. The predicted molar refractivity (Wildman–Crippen MR) is 94.6 cm³/mol. The molecular formula is C18H23N3O5. The Morgan fingerprint density at radius 3 is 2.58 bits per heavy atom. The molecule has 1 aromatic rings. The normalized spacial score (nSPS) is 25.5. The van der Waals surface area contributed by atoms with Gasteiger partial charge >= 0.3 is 11.7 Å². The molecule has 1 aliphatic heterocycles. The van der Waals surface area contributed by atoms with E-state index < -0.39 is 29.2 Å². The summed E-state index contributed by atoms with van der Waals surface area (Å²) in [6.07, 6.45) is 8.28. The lowest BCUT2D eigenvalue weighted by atomic mass is 9.85. The summed E-state index contributed by atoms with van der Waals surface area (Å²) >= 11 is 0. The molecule has 8 nitrogen and oxygen atoms in total. The number of carboxylic acid groups (broad SMARTS) is 1. The average Bonchev–Trinajstić information content (AvgIpc) is 3.01. The molecule has 1 saturated carbocycles. The van der Waals surface area contributed by atoms with Crippen LogP contribution in [0.4, 0.5) is 0 Å². The Bertz CT molecular complexity index is 882. The van der Waals surface area contributed by atoms with Gasteiger partial charge in [0.15, 0.2) is 0 Å². The van der Waals surface area contributed by atoms with Crippen LogP contribution >= 0.6 is 0 Å². The summed E-state index contributed by atoms with van der Waals surface area (Å²) < 4.78 is 2.23. The summed E-state index contributed by atoms with van der Waals surface area (Å²) in [5, 5.41) is 9.50. The molecule has 1 amide bonds. The summed E-state index contributed by atoms with van der Waals surface area (Å²) in [7, 11) is 2.89. The Labute approximate surface area is 150 Å². The van der Waals surface area contributed by atoms with Crippen molar-refractivity contribution in [2.45, 2.75) is 44.2 Å². The lowest BCUT2D eigenvalue weighted by molar-refractivity contribution is -0.147. The molecule has 1 aliphatic carbocycles. The van der Waals surface area contributed by atoms with Gasteiger partial charge in [-0.15, -0.1) is 0 Å². The van der Waals surface area contributed by atoms with Crippen molar-refractivity contribution in [2.75, 3.05) is 0 Å². The Hall–Kier alpha value is -2.64. The number of hydrogen-bond acceptors (Lipinski definition) is 4. The van der Waals surface area contributed by atoms with Crippen molar-refractivity contribution in [3.05, 3.63) is 38.7 Å². The zero-order chi connectivity index (χ0) is 19.0. The minimum Gasteiger partial charge on any atom is -0.480 e. The number of fused-ring (bicyclic) bond motifs is 1. The number of hydrogen-bond donors (Lipinski definition) is 1. The molecule has 2 heterocycles. The van der Waals surface area contributed by atoms with Crippen LogP contribution in [0.3, 0.4) is 0 Å². The van der Waals surface area contributed by atoms with Crippen molar-refractivity contribution in [3.8, 4) is 0 Å². The zero-order valence-electron chi connectivity index (χ0n) is 14.9. The number of aliphatic carboxylic acids is 1. The molecule has 3 atom stereocenters. The van der Waals surface area contributed by atoms with E-state index in [1.54, 1.807) is 0 Å². The number of carboxylic acids is 1. The smallest absolute Gasteiger partial charge is 0.330 e. The molecule has 0 aromatic carbocycles. The van der Waals surface area contributed by atoms with Gasteiger partial charge in [0.05, 0.1) is 5.56 Å².